The molecule has 3 nitrogen and oxygen atoms in total. The molecule has 4 heteroatoms. The quantitative estimate of drug-likeness (QED) is 0.870. The molecule has 1 aromatic rings. The van der Waals surface area contributed by atoms with Crippen molar-refractivity contribution in [3.05, 3.63) is 29.6 Å². The molecule has 2 unspecified atom stereocenters. The fraction of sp³-hybridized carbons (Fsp3) is 0.571. The Balaban J connectivity index is 2.26. The van der Waals surface area contributed by atoms with Gasteiger partial charge in [-0.15, -0.1) is 0 Å². The summed E-state index contributed by atoms with van der Waals surface area (Å²) in [5, 5.41) is 0. The molecule has 1 saturated heterocycles. The molecule has 1 aliphatic rings. The maximum Gasteiger partial charge on any atom is 0.123 e. The molecule has 18 heavy (non-hydrogen) atoms. The lowest BCUT2D eigenvalue weighted by Gasteiger charge is -2.44. The molecule has 0 bridgehead atoms. The largest absolute Gasteiger partial charge is 0.368 e. The zero-order chi connectivity index (χ0) is 13.3. The Morgan fingerprint density at radius 1 is 1.28 bits per heavy atom. The van der Waals surface area contributed by atoms with Crippen LogP contribution in [0.5, 0.6) is 0 Å². The summed E-state index contributed by atoms with van der Waals surface area (Å²) in [7, 11) is 2.15. The molecule has 2 atom stereocenters. The van der Waals surface area contributed by atoms with Crippen LogP contribution in [0, 0.1) is 5.82 Å². The minimum Gasteiger partial charge on any atom is -0.368 e. The minimum absolute atomic E-state index is 0.213. The smallest absolute Gasteiger partial charge is 0.123 e. The summed E-state index contributed by atoms with van der Waals surface area (Å²) in [5.74, 6) is -0.213. The van der Waals surface area contributed by atoms with Gasteiger partial charge in [0.15, 0.2) is 0 Å². The van der Waals surface area contributed by atoms with Gasteiger partial charge in [-0.3, -0.25) is 4.90 Å². The highest BCUT2D eigenvalue weighted by Crippen LogP contribution is 2.25. The summed E-state index contributed by atoms with van der Waals surface area (Å²) >= 11 is 0. The van der Waals surface area contributed by atoms with E-state index in [1.54, 1.807) is 6.07 Å². The highest BCUT2D eigenvalue weighted by atomic mass is 19.1. The van der Waals surface area contributed by atoms with Crippen molar-refractivity contribution >= 4 is 5.69 Å². The van der Waals surface area contributed by atoms with Gasteiger partial charge in [0.2, 0.25) is 0 Å². The van der Waals surface area contributed by atoms with Crippen molar-refractivity contribution in [2.75, 3.05) is 25.0 Å². The van der Waals surface area contributed by atoms with E-state index in [2.05, 4.69) is 30.7 Å². The molecule has 2 N–H and O–H groups in total. The number of anilines is 1. The van der Waals surface area contributed by atoms with Crippen LogP contribution in [0.25, 0.3) is 0 Å². The van der Waals surface area contributed by atoms with Crippen molar-refractivity contribution in [3.8, 4) is 0 Å². The second-order valence-electron chi connectivity index (χ2n) is 5.25. The van der Waals surface area contributed by atoms with Gasteiger partial charge >= 0.3 is 0 Å². The molecule has 100 valence electrons. The van der Waals surface area contributed by atoms with E-state index in [0.29, 0.717) is 18.6 Å². The number of benzene rings is 1. The lowest BCUT2D eigenvalue weighted by molar-refractivity contribution is 0.170. The van der Waals surface area contributed by atoms with Gasteiger partial charge in [0, 0.05) is 37.4 Å². The summed E-state index contributed by atoms with van der Waals surface area (Å²) in [4.78, 5) is 4.69. The van der Waals surface area contributed by atoms with Crippen LogP contribution in [-0.2, 0) is 6.54 Å². The third-order valence-electron chi connectivity index (χ3n) is 3.96. The van der Waals surface area contributed by atoms with Crippen LogP contribution in [0.4, 0.5) is 10.1 Å². The Labute approximate surface area is 108 Å². The molecule has 0 aromatic heterocycles. The number of nitrogens with zero attached hydrogens (tertiary/aromatic N) is 2. The first-order chi connectivity index (χ1) is 8.52. The van der Waals surface area contributed by atoms with Crippen LogP contribution >= 0.6 is 0 Å². The Bertz CT molecular complexity index is 410. The van der Waals surface area contributed by atoms with Crippen molar-refractivity contribution in [2.24, 2.45) is 5.73 Å². The predicted molar refractivity (Wildman–Crippen MR) is 73.2 cm³/mol. The second-order valence-corrected chi connectivity index (χ2v) is 5.25. The molecule has 0 amide bonds. The van der Waals surface area contributed by atoms with E-state index < -0.39 is 0 Å². The van der Waals surface area contributed by atoms with Gasteiger partial charge in [0.1, 0.15) is 5.82 Å². The van der Waals surface area contributed by atoms with Crippen molar-refractivity contribution in [3.63, 3.8) is 0 Å². The van der Waals surface area contributed by atoms with Crippen LogP contribution in [-0.4, -0.2) is 37.1 Å². The molecular formula is C14H22FN3. The molecule has 2 rings (SSSR count). The molecule has 0 saturated carbocycles. The van der Waals surface area contributed by atoms with Crippen LogP contribution in [0.3, 0.4) is 0 Å². The number of hydrogen-bond acceptors (Lipinski definition) is 3. The Kier molecular flexibility index (Phi) is 3.88. The number of halogens is 1. The Morgan fingerprint density at radius 2 is 1.89 bits per heavy atom. The summed E-state index contributed by atoms with van der Waals surface area (Å²) in [6, 6.07) is 5.89. The van der Waals surface area contributed by atoms with Crippen molar-refractivity contribution in [1.82, 2.24) is 4.90 Å². The van der Waals surface area contributed by atoms with Gasteiger partial charge in [-0.2, -0.15) is 0 Å². The van der Waals surface area contributed by atoms with Crippen LogP contribution < -0.4 is 10.6 Å². The van der Waals surface area contributed by atoms with Crippen LogP contribution in [0.15, 0.2) is 18.2 Å². The van der Waals surface area contributed by atoms with E-state index in [4.69, 9.17) is 5.73 Å². The van der Waals surface area contributed by atoms with Gasteiger partial charge in [0.05, 0.1) is 0 Å². The lowest BCUT2D eigenvalue weighted by atomic mass is 10.1. The molecular weight excluding hydrogens is 229 g/mol. The second kappa shape index (κ2) is 5.24. The number of hydrogen-bond donors (Lipinski definition) is 1. The number of likely N-dealkylation sites (N-methyl/N-ethyl adjacent to an activating group) is 1. The minimum atomic E-state index is -0.213. The first-order valence-corrected chi connectivity index (χ1v) is 6.48. The first kappa shape index (κ1) is 13.3. The highest BCUT2D eigenvalue weighted by Gasteiger charge is 2.27. The number of rotatable bonds is 2. The molecule has 0 aliphatic carbocycles. The standard InChI is InChI=1S/C14H22FN3/c1-10-8-18(9-11(2)17(10)3)14-5-4-13(15)6-12(14)7-16/h4-6,10-11H,7-9,16H2,1-3H3. The summed E-state index contributed by atoms with van der Waals surface area (Å²) in [6.07, 6.45) is 0. The molecule has 1 aromatic carbocycles. The molecule has 0 radical (unpaired) electrons. The van der Waals surface area contributed by atoms with Gasteiger partial charge in [0.25, 0.3) is 0 Å². The highest BCUT2D eigenvalue weighted by molar-refractivity contribution is 5.54. The fourth-order valence-corrected chi connectivity index (χ4v) is 2.63. The van der Waals surface area contributed by atoms with E-state index in [0.717, 1.165) is 24.3 Å². The summed E-state index contributed by atoms with van der Waals surface area (Å²) in [5.41, 5.74) is 7.68. The average molecular weight is 251 g/mol. The maximum absolute atomic E-state index is 13.2. The van der Waals surface area contributed by atoms with Gasteiger partial charge in [-0.1, -0.05) is 0 Å². The normalized spacial score (nSPS) is 25.5. The Morgan fingerprint density at radius 3 is 2.44 bits per heavy atom. The van der Waals surface area contributed by atoms with Crippen molar-refractivity contribution in [2.45, 2.75) is 32.5 Å². The summed E-state index contributed by atoms with van der Waals surface area (Å²) in [6.45, 7) is 6.73. The van der Waals surface area contributed by atoms with Gasteiger partial charge < -0.3 is 10.6 Å². The summed E-state index contributed by atoms with van der Waals surface area (Å²) < 4.78 is 13.2. The van der Waals surface area contributed by atoms with Gasteiger partial charge in [-0.05, 0) is 44.7 Å². The monoisotopic (exact) mass is 251 g/mol. The van der Waals surface area contributed by atoms with E-state index in [1.807, 2.05) is 6.07 Å². The zero-order valence-corrected chi connectivity index (χ0v) is 11.4. The molecule has 1 aliphatic heterocycles. The van der Waals surface area contributed by atoms with Crippen molar-refractivity contribution < 1.29 is 4.39 Å². The molecule has 0 spiro atoms. The third-order valence-corrected chi connectivity index (χ3v) is 3.96. The van der Waals surface area contributed by atoms with E-state index >= 15 is 0 Å². The van der Waals surface area contributed by atoms with E-state index in [-0.39, 0.29) is 5.82 Å². The van der Waals surface area contributed by atoms with Crippen LogP contribution in [0.1, 0.15) is 19.4 Å². The maximum atomic E-state index is 13.2. The molecule has 1 heterocycles. The average Bonchev–Trinajstić information content (AvgIpc) is 2.35. The predicted octanol–water partition coefficient (Wildman–Crippen LogP) is 1.81. The van der Waals surface area contributed by atoms with E-state index in [1.165, 1.54) is 6.07 Å². The lowest BCUT2D eigenvalue weighted by Crippen LogP contribution is -2.55. The third kappa shape index (κ3) is 2.49. The fourth-order valence-electron chi connectivity index (χ4n) is 2.63. The number of piperazine rings is 1. The van der Waals surface area contributed by atoms with Crippen molar-refractivity contribution in [1.29, 1.82) is 0 Å². The zero-order valence-electron chi connectivity index (χ0n) is 11.4. The Hall–Kier alpha value is -1.13. The SMILES string of the molecule is CC1CN(c2ccc(F)cc2CN)CC(C)N1C. The number of nitrogens with two attached hydrogens (primary N) is 1. The topological polar surface area (TPSA) is 32.5 Å². The van der Waals surface area contributed by atoms with Crippen LogP contribution in [0.2, 0.25) is 0 Å². The molecule has 1 fully saturated rings. The van der Waals surface area contributed by atoms with Gasteiger partial charge in [-0.25, -0.2) is 4.39 Å². The first-order valence-electron chi connectivity index (χ1n) is 6.48. The van der Waals surface area contributed by atoms with E-state index in [9.17, 15) is 4.39 Å².